The summed E-state index contributed by atoms with van der Waals surface area (Å²) in [5.74, 6) is -17.7. The van der Waals surface area contributed by atoms with E-state index in [0.29, 0.717) is 61.4 Å². The second kappa shape index (κ2) is 52.3. The van der Waals surface area contributed by atoms with E-state index in [9.17, 15) is 107 Å². The number of ether oxygens (including phenoxy) is 3. The molecular formula is C76H114N16O26S2. The van der Waals surface area contributed by atoms with Crippen LogP contribution >= 0.6 is 23.5 Å². The minimum absolute atomic E-state index is 0.00444. The first kappa shape index (κ1) is 98.9. The van der Waals surface area contributed by atoms with Crippen molar-refractivity contribution in [2.75, 3.05) is 136 Å². The van der Waals surface area contributed by atoms with Gasteiger partial charge in [0.25, 0.3) is 11.8 Å². The molecule has 1 aromatic rings. The van der Waals surface area contributed by atoms with Crippen molar-refractivity contribution in [3.8, 4) is 0 Å². The van der Waals surface area contributed by atoms with Crippen LogP contribution in [0.4, 0.5) is 0 Å². The van der Waals surface area contributed by atoms with Gasteiger partial charge in [-0.2, -0.15) is 0 Å². The number of nitrogens with one attached hydrogen (secondary N) is 10. The Morgan fingerprint density at radius 2 is 1.10 bits per heavy atom. The Bertz CT molecular complexity index is 3740. The number of carbonyl (C=O) groups excluding carboxylic acids is 14. The van der Waals surface area contributed by atoms with Crippen LogP contribution in [0.5, 0.6) is 0 Å². The third-order valence-corrected chi connectivity index (χ3v) is 22.6. The molecule has 0 radical (unpaired) electrons. The van der Waals surface area contributed by atoms with Gasteiger partial charge in [0.2, 0.25) is 70.9 Å². The van der Waals surface area contributed by atoms with Crippen LogP contribution in [0.25, 0.3) is 0 Å². The Morgan fingerprint density at radius 1 is 0.558 bits per heavy atom. The fraction of sp³-hybridized carbons (Fsp3) is 0.658. The van der Waals surface area contributed by atoms with Crippen LogP contribution in [0.1, 0.15) is 122 Å². The average molecular weight is 1730 g/mol. The highest BCUT2D eigenvalue weighted by molar-refractivity contribution is 8.08. The van der Waals surface area contributed by atoms with Crippen molar-refractivity contribution in [2.24, 2.45) is 5.73 Å². The van der Waals surface area contributed by atoms with Gasteiger partial charge in [-0.3, -0.25) is 106 Å². The van der Waals surface area contributed by atoms with Gasteiger partial charge in [-0.05, 0) is 70.3 Å². The fourth-order valence-corrected chi connectivity index (χ4v) is 16.0. The third kappa shape index (κ3) is 34.3. The van der Waals surface area contributed by atoms with E-state index in [1.807, 2.05) is 6.92 Å². The van der Waals surface area contributed by atoms with E-state index >= 15 is 4.79 Å². The molecular weight excluding hydrogens is 1620 g/mol. The summed E-state index contributed by atoms with van der Waals surface area (Å²) in [4.78, 5) is 249. The quantitative estimate of drug-likeness (QED) is 0.0215. The SMILES string of the molecule is CCCC[C@H](NC(=O)CCC(=O)NCCCOCCOCCOCCCNC(=O)CC[C@H](C(=O)O)N1CCN(CC(=O)O)CCN(CC(=O)O)CC1)C(=O)N[C@H]1CSC2=C(SC[C@@H](C(=O)NCCC(=O)O)NC(=O)[C@H](Cc3ccccc3)NC(=O)[C@H](CCC(N)=O)NC(=O)[C@H]([C@@H](C)O)NC(=O)[C@@H]3CCCN3C(=O)[C@@H]3CCCN3C1=O)C(=O)NC2=O. The number of nitrogens with zero attached hydrogens (tertiary/aromatic N) is 5. The zero-order valence-corrected chi connectivity index (χ0v) is 69.1. The Balaban J connectivity index is 1.05. The van der Waals surface area contributed by atoms with Crippen LogP contribution in [0.2, 0.25) is 0 Å². The lowest BCUT2D eigenvalue weighted by Crippen LogP contribution is -2.62. The molecule has 3 fully saturated rings. The first-order valence-electron chi connectivity index (χ1n) is 40.2. The fourth-order valence-electron chi connectivity index (χ4n) is 13.7. The maximum absolute atomic E-state index is 15.3. The molecule has 0 bridgehead atoms. The molecule has 666 valence electrons. The predicted octanol–water partition coefficient (Wildman–Crippen LogP) is -4.94. The van der Waals surface area contributed by atoms with Crippen molar-refractivity contribution in [1.29, 1.82) is 0 Å². The van der Waals surface area contributed by atoms with E-state index in [1.54, 1.807) is 45.0 Å². The lowest BCUT2D eigenvalue weighted by Gasteiger charge is -2.34. The molecule has 44 heteroatoms. The number of thioether (sulfide) groups is 2. The third-order valence-electron chi connectivity index (χ3n) is 20.1. The lowest BCUT2D eigenvalue weighted by atomic mass is 10.0. The average Bonchev–Trinajstić information content (AvgIpc) is 1.64. The molecule has 5 aliphatic rings. The number of carboxylic acids is 4. The first-order valence-corrected chi connectivity index (χ1v) is 42.2. The van der Waals surface area contributed by atoms with E-state index in [2.05, 4.69) is 53.2 Å². The van der Waals surface area contributed by atoms with E-state index in [1.165, 1.54) is 16.7 Å². The minimum atomic E-state index is -1.81. The highest BCUT2D eigenvalue weighted by atomic mass is 32.2. The Morgan fingerprint density at radius 3 is 1.67 bits per heavy atom. The van der Waals surface area contributed by atoms with E-state index < -0.39 is 198 Å². The number of rotatable bonds is 42. The summed E-state index contributed by atoms with van der Waals surface area (Å²) < 4.78 is 16.8. The van der Waals surface area contributed by atoms with Gasteiger partial charge >= 0.3 is 23.9 Å². The Kier molecular flexibility index (Phi) is 43.1. The number of benzene rings is 1. The summed E-state index contributed by atoms with van der Waals surface area (Å²) in [6.45, 7) is 5.27. The van der Waals surface area contributed by atoms with E-state index in [-0.39, 0.29) is 191 Å². The van der Waals surface area contributed by atoms with Crippen LogP contribution < -0.4 is 58.9 Å². The largest absolute Gasteiger partial charge is 0.481 e. The predicted molar refractivity (Wildman–Crippen MR) is 429 cm³/mol. The number of carboxylic acid groups (broad SMARTS) is 4. The number of hydrogen-bond acceptors (Lipinski definition) is 27. The minimum Gasteiger partial charge on any atom is -0.481 e. The number of amides is 14. The van der Waals surface area contributed by atoms with E-state index in [0.717, 1.165) is 0 Å². The summed E-state index contributed by atoms with van der Waals surface area (Å²) in [7, 11) is 0. The summed E-state index contributed by atoms with van der Waals surface area (Å²) in [6, 6.07) is -5.22. The molecule has 17 N–H and O–H groups in total. The second-order valence-corrected chi connectivity index (χ2v) is 31.4. The van der Waals surface area contributed by atoms with Crippen molar-refractivity contribution in [3.05, 3.63) is 45.7 Å². The number of aliphatic hydroxyl groups excluding tert-OH is 1. The van der Waals surface area contributed by atoms with Crippen LogP contribution in [0, 0.1) is 0 Å². The van der Waals surface area contributed by atoms with Crippen LogP contribution in [-0.2, 0) is 107 Å². The molecule has 0 saturated carbocycles. The molecule has 6 rings (SSSR count). The molecule has 0 aliphatic carbocycles. The van der Waals surface area contributed by atoms with Crippen molar-refractivity contribution in [3.63, 3.8) is 0 Å². The zero-order valence-electron chi connectivity index (χ0n) is 67.5. The standard InChI is InChI=1S/C76H114N16O26S2/c1-3-4-14-48(81-59(97)22-21-58(96)79-25-11-36-117-38-40-118-39-37-116-35-10-24-78-57(95)20-18-55(76(114)115)90-33-31-88(42-61(100)101)29-30-89(32-34-90)43-62(102)103)67(105)85-52-45-120-65-64(72(110)87-73(65)111)119-44-51(66(104)80-26-23-60(98)99)84-69(107)50(41-47-12-6-5-7-13-47)83-68(106)49(17-19-56(77)94)82-71(109)63(46(2)93)86-70(108)53-15-8-27-91(53)75(113)54-16-9-28-92(54)74(52)112/h5-7,12-13,46,48-55,63,93H,3-4,8-11,14-45H2,1-2H3,(H2,77,94)(H,78,95)(H,79,96)(H,80,104)(H,81,97)(H,82,109)(H,83,106)(H,84,107)(H,85,105)(H,86,108)(H,98,99)(H,100,101)(H,102,103)(H,114,115)(H,87,110,111)/t46-,48+,49+,50+,51+,52+,53+,54+,55-,63+/m1/s1. The Hall–Kier alpha value is -9.96. The number of imide groups is 1. The van der Waals surface area contributed by atoms with Crippen molar-refractivity contribution >= 4 is 130 Å². The van der Waals surface area contributed by atoms with Crippen LogP contribution in [-0.4, -0.2) is 353 Å². The van der Waals surface area contributed by atoms with Crippen molar-refractivity contribution in [1.82, 2.24) is 77.7 Å². The smallest absolute Gasteiger partial charge is 0.320 e. The highest BCUT2D eigenvalue weighted by Gasteiger charge is 2.46. The van der Waals surface area contributed by atoms with Gasteiger partial charge in [0, 0.05) is 129 Å². The topological polar surface area (TPSA) is 599 Å². The molecule has 5 heterocycles. The number of nitrogens with two attached hydrogens (primary N) is 1. The maximum atomic E-state index is 15.3. The number of unbranched alkanes of at least 4 members (excludes halogenated alkanes) is 1. The maximum Gasteiger partial charge on any atom is 0.320 e. The molecule has 0 aromatic heterocycles. The second-order valence-electron chi connectivity index (χ2n) is 29.3. The monoisotopic (exact) mass is 1730 g/mol. The molecule has 1 aromatic carbocycles. The van der Waals surface area contributed by atoms with Gasteiger partial charge in [0.05, 0.1) is 61.9 Å². The van der Waals surface area contributed by atoms with Gasteiger partial charge in [-0.25, -0.2) is 0 Å². The summed E-state index contributed by atoms with van der Waals surface area (Å²) in [5.41, 5.74) is 5.95. The molecule has 120 heavy (non-hydrogen) atoms. The number of aliphatic carboxylic acids is 4. The normalized spacial score (nSPS) is 21.9. The molecule has 42 nitrogen and oxygen atoms in total. The van der Waals surface area contributed by atoms with Crippen LogP contribution in [0.3, 0.4) is 0 Å². The van der Waals surface area contributed by atoms with Gasteiger partial charge in [0.1, 0.15) is 54.4 Å². The van der Waals surface area contributed by atoms with Gasteiger partial charge in [-0.1, -0.05) is 50.1 Å². The number of primary amides is 1. The molecule has 5 aliphatic heterocycles. The van der Waals surface area contributed by atoms with Crippen molar-refractivity contribution in [2.45, 2.75) is 183 Å². The number of hydrogen-bond donors (Lipinski definition) is 16. The molecule has 0 spiro atoms. The van der Waals surface area contributed by atoms with Crippen LogP contribution in [0.15, 0.2) is 40.1 Å². The summed E-state index contributed by atoms with van der Waals surface area (Å²) in [5, 5.41) is 74.7. The molecule has 3 saturated heterocycles. The number of aliphatic hydroxyl groups is 1. The number of fused-ring (bicyclic) bond motifs is 2. The van der Waals surface area contributed by atoms with Gasteiger partial charge in [0.15, 0.2) is 0 Å². The zero-order chi connectivity index (χ0) is 87.8. The number of carbonyl (C=O) groups is 18. The van der Waals surface area contributed by atoms with Gasteiger partial charge in [-0.15, -0.1) is 23.5 Å². The van der Waals surface area contributed by atoms with Crippen molar-refractivity contribution < 1.29 is 126 Å². The lowest BCUT2D eigenvalue weighted by molar-refractivity contribution is -0.148. The van der Waals surface area contributed by atoms with Gasteiger partial charge < -0.3 is 103 Å². The molecule has 10 atom stereocenters. The Labute approximate surface area is 701 Å². The summed E-state index contributed by atoms with van der Waals surface area (Å²) in [6.07, 6.45) is -1.87. The molecule has 14 amide bonds. The van der Waals surface area contributed by atoms with E-state index in [4.69, 9.17) is 19.9 Å². The molecule has 0 unspecified atom stereocenters. The summed E-state index contributed by atoms with van der Waals surface area (Å²) >= 11 is 1.23. The first-order chi connectivity index (χ1) is 57.3. The highest BCUT2D eigenvalue weighted by Crippen LogP contribution is 2.34.